The Morgan fingerprint density at radius 3 is 2.73 bits per heavy atom. The van der Waals surface area contributed by atoms with Crippen molar-refractivity contribution in [2.75, 3.05) is 11.7 Å². The van der Waals surface area contributed by atoms with Gasteiger partial charge in [0, 0.05) is 6.92 Å². The van der Waals surface area contributed by atoms with E-state index in [1.807, 2.05) is 0 Å². The van der Waals surface area contributed by atoms with Crippen LogP contribution in [0, 0.1) is 0 Å². The minimum absolute atomic E-state index is 0.187. The monoisotopic (exact) mass is 176 g/mol. The van der Waals surface area contributed by atoms with Gasteiger partial charge in [-0.3, -0.25) is 4.79 Å². The molecule has 0 aliphatic rings. The summed E-state index contributed by atoms with van der Waals surface area (Å²) in [6.45, 7) is 3.61. The van der Waals surface area contributed by atoms with E-state index in [0.29, 0.717) is 5.94 Å². The molecule has 11 heavy (non-hydrogen) atoms. The average molecular weight is 176 g/mol. The number of esters is 1. The third-order valence-electron chi connectivity index (χ3n) is 1.24. The van der Waals surface area contributed by atoms with Crippen LogP contribution in [0.5, 0.6) is 0 Å². The third kappa shape index (κ3) is 9.82. The van der Waals surface area contributed by atoms with Crippen molar-refractivity contribution in [1.29, 1.82) is 0 Å². The first-order chi connectivity index (χ1) is 5.27. The van der Waals surface area contributed by atoms with Crippen molar-refractivity contribution >= 4 is 17.7 Å². The van der Waals surface area contributed by atoms with Gasteiger partial charge in [-0.2, -0.15) is 0 Å². The summed E-state index contributed by atoms with van der Waals surface area (Å²) < 4.78 is 4.75. The first-order valence-corrected chi connectivity index (χ1v) is 5.14. The van der Waals surface area contributed by atoms with E-state index in [4.69, 9.17) is 4.74 Å². The summed E-state index contributed by atoms with van der Waals surface area (Å²) >= 11 is 1.68. The molecule has 0 aromatic rings. The van der Waals surface area contributed by atoms with Crippen molar-refractivity contribution in [3.05, 3.63) is 0 Å². The number of ether oxygens (including phenoxy) is 1. The number of carbonyl (C=O) groups excluding carboxylic acids is 1. The molecular weight excluding hydrogens is 160 g/mol. The molecule has 0 heterocycles. The Hall–Kier alpha value is -0.180. The molecule has 0 aromatic heterocycles. The molecule has 0 radical (unpaired) electrons. The summed E-state index contributed by atoms with van der Waals surface area (Å²) in [5, 5.41) is 0. The summed E-state index contributed by atoms with van der Waals surface area (Å²) in [7, 11) is 0. The highest BCUT2D eigenvalue weighted by Gasteiger charge is 1.92. The molecule has 0 bridgehead atoms. The molecule has 0 rings (SSSR count). The molecule has 0 unspecified atom stereocenters. The molecule has 66 valence electrons. The van der Waals surface area contributed by atoms with Crippen molar-refractivity contribution in [2.24, 2.45) is 0 Å². The molecular formula is C8H16O2S. The number of rotatable bonds is 6. The van der Waals surface area contributed by atoms with Crippen molar-refractivity contribution in [3.63, 3.8) is 0 Å². The zero-order valence-corrected chi connectivity index (χ0v) is 8.08. The number of hydrogen-bond acceptors (Lipinski definition) is 3. The summed E-state index contributed by atoms with van der Waals surface area (Å²) in [5.41, 5.74) is 0. The van der Waals surface area contributed by atoms with Gasteiger partial charge in [-0.05, 0) is 12.2 Å². The molecule has 0 saturated heterocycles. The van der Waals surface area contributed by atoms with Crippen molar-refractivity contribution in [3.8, 4) is 0 Å². The minimum Gasteiger partial charge on any atom is -0.455 e. The van der Waals surface area contributed by atoms with Crippen LogP contribution >= 0.6 is 11.8 Å². The summed E-state index contributed by atoms with van der Waals surface area (Å²) in [5.74, 6) is 1.42. The number of thioether (sulfide) groups is 1. The highest BCUT2D eigenvalue weighted by Crippen LogP contribution is 2.05. The quantitative estimate of drug-likeness (QED) is 0.353. The topological polar surface area (TPSA) is 26.3 Å². The lowest BCUT2D eigenvalue weighted by Crippen LogP contribution is -1.97. The molecule has 0 spiro atoms. The van der Waals surface area contributed by atoms with Crippen LogP contribution in [-0.4, -0.2) is 17.7 Å². The van der Waals surface area contributed by atoms with Crippen LogP contribution in [0.3, 0.4) is 0 Å². The summed E-state index contributed by atoms with van der Waals surface area (Å²) in [6, 6.07) is 0. The zero-order chi connectivity index (χ0) is 8.53. The maximum atomic E-state index is 10.3. The Balaban J connectivity index is 2.85. The fourth-order valence-corrected chi connectivity index (χ4v) is 1.41. The first kappa shape index (κ1) is 10.8. The van der Waals surface area contributed by atoms with E-state index >= 15 is 0 Å². The molecule has 0 amide bonds. The van der Waals surface area contributed by atoms with Crippen molar-refractivity contribution in [1.82, 2.24) is 0 Å². The van der Waals surface area contributed by atoms with Gasteiger partial charge in [0.1, 0.15) is 5.94 Å². The van der Waals surface area contributed by atoms with Gasteiger partial charge in [0.2, 0.25) is 0 Å². The molecule has 0 aliphatic carbocycles. The zero-order valence-electron chi connectivity index (χ0n) is 7.26. The lowest BCUT2D eigenvalue weighted by molar-refractivity contribution is -0.138. The first-order valence-electron chi connectivity index (χ1n) is 3.98. The van der Waals surface area contributed by atoms with Gasteiger partial charge < -0.3 is 4.74 Å². The van der Waals surface area contributed by atoms with E-state index in [9.17, 15) is 4.79 Å². The van der Waals surface area contributed by atoms with Gasteiger partial charge in [0.25, 0.3) is 0 Å². The van der Waals surface area contributed by atoms with E-state index in [1.165, 1.54) is 26.2 Å². The highest BCUT2D eigenvalue weighted by atomic mass is 32.2. The Labute approximate surface area is 72.7 Å². The lowest BCUT2D eigenvalue weighted by Gasteiger charge is -2.00. The second-order valence-electron chi connectivity index (χ2n) is 2.37. The summed E-state index contributed by atoms with van der Waals surface area (Å²) in [4.78, 5) is 10.3. The van der Waals surface area contributed by atoms with E-state index < -0.39 is 0 Å². The fourth-order valence-electron chi connectivity index (χ4n) is 0.638. The average Bonchev–Trinajstić information content (AvgIpc) is 1.96. The molecule has 0 saturated carbocycles. The Morgan fingerprint density at radius 2 is 2.18 bits per heavy atom. The van der Waals surface area contributed by atoms with Crippen LogP contribution < -0.4 is 0 Å². The van der Waals surface area contributed by atoms with Gasteiger partial charge in [0.05, 0.1) is 0 Å². The van der Waals surface area contributed by atoms with Crippen LogP contribution in [0.1, 0.15) is 33.1 Å². The minimum atomic E-state index is -0.187. The van der Waals surface area contributed by atoms with Crippen LogP contribution in [0.2, 0.25) is 0 Å². The van der Waals surface area contributed by atoms with Crippen LogP contribution in [-0.2, 0) is 9.53 Å². The van der Waals surface area contributed by atoms with Gasteiger partial charge in [-0.15, -0.1) is 11.8 Å². The Bertz CT molecular complexity index is 104. The van der Waals surface area contributed by atoms with Crippen molar-refractivity contribution in [2.45, 2.75) is 33.1 Å². The Kier molecular flexibility index (Phi) is 7.79. The van der Waals surface area contributed by atoms with Gasteiger partial charge >= 0.3 is 5.97 Å². The molecule has 2 nitrogen and oxygen atoms in total. The molecule has 0 fully saturated rings. The molecule has 0 N–H and O–H groups in total. The fraction of sp³-hybridized carbons (Fsp3) is 0.875. The van der Waals surface area contributed by atoms with Gasteiger partial charge in [-0.1, -0.05) is 19.8 Å². The standard InChI is InChI=1S/C8H16O2S/c1-3-4-5-6-11-7-10-8(2)9/h3-7H2,1-2H3. The smallest absolute Gasteiger partial charge is 0.303 e. The normalized spacial score (nSPS) is 9.64. The van der Waals surface area contributed by atoms with Crippen molar-refractivity contribution < 1.29 is 9.53 Å². The predicted molar refractivity (Wildman–Crippen MR) is 48.6 cm³/mol. The van der Waals surface area contributed by atoms with Crippen LogP contribution in [0.15, 0.2) is 0 Å². The molecule has 0 atom stereocenters. The predicted octanol–water partition coefficient (Wildman–Crippen LogP) is 2.43. The second kappa shape index (κ2) is 7.92. The van der Waals surface area contributed by atoms with E-state index in [2.05, 4.69) is 6.92 Å². The Morgan fingerprint density at radius 1 is 1.45 bits per heavy atom. The van der Waals surface area contributed by atoms with Crippen LogP contribution in [0.4, 0.5) is 0 Å². The highest BCUT2D eigenvalue weighted by molar-refractivity contribution is 7.99. The third-order valence-corrected chi connectivity index (χ3v) is 2.10. The summed E-state index contributed by atoms with van der Waals surface area (Å²) in [6.07, 6.45) is 3.74. The van der Waals surface area contributed by atoms with Crippen LogP contribution in [0.25, 0.3) is 0 Å². The number of hydrogen-bond donors (Lipinski definition) is 0. The maximum absolute atomic E-state index is 10.3. The van der Waals surface area contributed by atoms with E-state index in [-0.39, 0.29) is 5.97 Å². The molecule has 0 aliphatic heterocycles. The number of unbranched alkanes of at least 4 members (excludes halogenated alkanes) is 2. The van der Waals surface area contributed by atoms with Gasteiger partial charge in [-0.25, -0.2) is 0 Å². The number of carbonyl (C=O) groups is 1. The molecule has 3 heteroatoms. The molecule has 0 aromatic carbocycles. The van der Waals surface area contributed by atoms with E-state index in [0.717, 1.165) is 5.75 Å². The maximum Gasteiger partial charge on any atom is 0.303 e. The SMILES string of the molecule is CCCCCSCOC(C)=O. The second-order valence-corrected chi connectivity index (χ2v) is 3.42. The van der Waals surface area contributed by atoms with Gasteiger partial charge in [0.15, 0.2) is 0 Å². The lowest BCUT2D eigenvalue weighted by atomic mass is 10.3. The largest absolute Gasteiger partial charge is 0.455 e. The van der Waals surface area contributed by atoms with E-state index in [1.54, 1.807) is 11.8 Å².